The van der Waals surface area contributed by atoms with Crippen molar-refractivity contribution in [2.24, 2.45) is 0 Å². The second-order valence-electron chi connectivity index (χ2n) is 7.85. The molecule has 1 aliphatic heterocycles. The van der Waals surface area contributed by atoms with Crippen molar-refractivity contribution < 1.29 is 19.1 Å². The van der Waals surface area contributed by atoms with Gasteiger partial charge in [-0.3, -0.25) is 14.9 Å². The number of urea groups is 1. The van der Waals surface area contributed by atoms with E-state index < -0.39 is 17.8 Å². The van der Waals surface area contributed by atoms with E-state index in [4.69, 9.17) is 27.9 Å². The molecule has 8 heteroatoms. The zero-order valence-electron chi connectivity index (χ0n) is 18.4. The number of nitrogens with one attached hydrogen (secondary N) is 1. The number of carbonyl (C=O) groups excluding carboxylic acids is 3. The summed E-state index contributed by atoms with van der Waals surface area (Å²) in [4.78, 5) is 39.1. The smallest absolute Gasteiger partial charge is 0.335 e. The Morgan fingerprint density at radius 3 is 2.38 bits per heavy atom. The highest BCUT2D eigenvalue weighted by molar-refractivity contribution is 6.39. The number of ether oxygens (including phenoxy) is 1. The quantitative estimate of drug-likeness (QED) is 0.356. The summed E-state index contributed by atoms with van der Waals surface area (Å²) >= 11 is 12.3. The van der Waals surface area contributed by atoms with E-state index in [-0.39, 0.29) is 17.9 Å². The molecular weight excluding hydrogens is 475 g/mol. The molecule has 0 saturated carbocycles. The van der Waals surface area contributed by atoms with E-state index in [9.17, 15) is 14.4 Å². The van der Waals surface area contributed by atoms with E-state index >= 15 is 0 Å². The topological polar surface area (TPSA) is 75.7 Å². The molecule has 1 fully saturated rings. The highest BCUT2D eigenvalue weighted by Gasteiger charge is 2.37. The first-order valence-electron chi connectivity index (χ1n) is 10.4. The maximum atomic E-state index is 13.2. The Balaban J connectivity index is 1.67. The number of carbonyl (C=O) groups is 3. The van der Waals surface area contributed by atoms with Crippen LogP contribution >= 0.6 is 23.2 Å². The molecule has 0 aliphatic carbocycles. The van der Waals surface area contributed by atoms with Crippen LogP contribution in [0.4, 0.5) is 10.5 Å². The number of imide groups is 2. The van der Waals surface area contributed by atoms with Gasteiger partial charge in [-0.15, -0.1) is 0 Å². The Kier molecular flexibility index (Phi) is 6.72. The minimum absolute atomic E-state index is 0.237. The van der Waals surface area contributed by atoms with Crippen molar-refractivity contribution >= 4 is 52.8 Å². The Bertz CT molecular complexity index is 1330. The first-order valence-corrected chi connectivity index (χ1v) is 11.1. The van der Waals surface area contributed by atoms with Gasteiger partial charge in [0.05, 0.1) is 5.69 Å². The van der Waals surface area contributed by atoms with E-state index in [1.165, 1.54) is 12.1 Å². The Labute approximate surface area is 206 Å². The lowest BCUT2D eigenvalue weighted by Gasteiger charge is -2.26. The standard InChI is InChI=1S/C26H20Cl2N2O4/c1-15-3-6-17(7-4-15)14-34-23-10-8-19(27)11-18(23)12-21-24(31)29-26(33)30(25(21)32)20-9-5-16(2)22(28)13-20/h3-13H,14H2,1-2H3,(H,29,31,33)/b21-12+. The molecule has 34 heavy (non-hydrogen) atoms. The summed E-state index contributed by atoms with van der Waals surface area (Å²) < 4.78 is 5.95. The lowest BCUT2D eigenvalue weighted by Crippen LogP contribution is -2.54. The van der Waals surface area contributed by atoms with Crippen molar-refractivity contribution in [1.82, 2.24) is 5.32 Å². The zero-order valence-corrected chi connectivity index (χ0v) is 19.9. The summed E-state index contributed by atoms with van der Waals surface area (Å²) in [5, 5.41) is 2.99. The second kappa shape index (κ2) is 9.71. The SMILES string of the molecule is Cc1ccc(COc2ccc(Cl)cc2/C=C2\C(=O)NC(=O)N(c3ccc(C)c(Cl)c3)C2=O)cc1. The Morgan fingerprint density at radius 1 is 0.941 bits per heavy atom. The summed E-state index contributed by atoms with van der Waals surface area (Å²) in [6.07, 6.45) is 1.36. The fourth-order valence-electron chi connectivity index (χ4n) is 3.38. The lowest BCUT2D eigenvalue weighted by molar-refractivity contribution is -0.122. The van der Waals surface area contributed by atoms with Crippen molar-refractivity contribution in [2.45, 2.75) is 20.5 Å². The number of hydrogen-bond acceptors (Lipinski definition) is 4. The zero-order chi connectivity index (χ0) is 24.4. The molecule has 0 spiro atoms. The third-order valence-electron chi connectivity index (χ3n) is 5.30. The van der Waals surface area contributed by atoms with Crippen LogP contribution < -0.4 is 15.0 Å². The van der Waals surface area contributed by atoms with Crippen LogP contribution in [0.15, 0.2) is 66.2 Å². The number of aryl methyl sites for hydroxylation is 2. The third kappa shape index (κ3) is 4.98. The number of hydrogen-bond donors (Lipinski definition) is 1. The molecule has 1 saturated heterocycles. The number of amides is 4. The summed E-state index contributed by atoms with van der Waals surface area (Å²) in [6, 6.07) is 16.7. The van der Waals surface area contributed by atoms with Gasteiger partial charge in [0.1, 0.15) is 17.9 Å². The third-order valence-corrected chi connectivity index (χ3v) is 5.94. The molecule has 172 valence electrons. The summed E-state index contributed by atoms with van der Waals surface area (Å²) in [6.45, 7) is 4.08. The van der Waals surface area contributed by atoms with Crippen LogP contribution in [-0.4, -0.2) is 17.8 Å². The number of benzene rings is 3. The van der Waals surface area contributed by atoms with Gasteiger partial charge in [-0.2, -0.15) is 0 Å². The fourth-order valence-corrected chi connectivity index (χ4v) is 3.73. The summed E-state index contributed by atoms with van der Waals surface area (Å²) in [5.74, 6) is -1.16. The van der Waals surface area contributed by atoms with Gasteiger partial charge in [-0.1, -0.05) is 59.1 Å². The maximum Gasteiger partial charge on any atom is 0.335 e. The monoisotopic (exact) mass is 494 g/mol. The molecule has 3 aromatic rings. The van der Waals surface area contributed by atoms with Crippen LogP contribution in [0.3, 0.4) is 0 Å². The van der Waals surface area contributed by atoms with Crippen LogP contribution in [0.1, 0.15) is 22.3 Å². The van der Waals surface area contributed by atoms with Crippen LogP contribution in [-0.2, 0) is 16.2 Å². The van der Waals surface area contributed by atoms with Crippen molar-refractivity contribution in [2.75, 3.05) is 4.90 Å². The van der Waals surface area contributed by atoms with Gasteiger partial charge in [0.25, 0.3) is 11.8 Å². The van der Waals surface area contributed by atoms with E-state index in [1.54, 1.807) is 37.3 Å². The molecule has 4 amide bonds. The highest BCUT2D eigenvalue weighted by Crippen LogP contribution is 2.30. The molecule has 1 heterocycles. The molecule has 6 nitrogen and oxygen atoms in total. The van der Waals surface area contributed by atoms with Crippen LogP contribution in [0.5, 0.6) is 5.75 Å². The molecule has 0 radical (unpaired) electrons. The largest absolute Gasteiger partial charge is 0.488 e. The summed E-state index contributed by atoms with van der Waals surface area (Å²) in [7, 11) is 0. The molecule has 3 aromatic carbocycles. The minimum Gasteiger partial charge on any atom is -0.488 e. The van der Waals surface area contributed by atoms with Gasteiger partial charge >= 0.3 is 6.03 Å². The minimum atomic E-state index is -0.853. The number of barbiturate groups is 1. The molecule has 4 rings (SSSR count). The van der Waals surface area contributed by atoms with Gasteiger partial charge in [-0.25, -0.2) is 9.69 Å². The van der Waals surface area contributed by atoms with E-state index in [0.29, 0.717) is 21.4 Å². The molecule has 0 bridgehead atoms. The number of anilines is 1. The Hall–Kier alpha value is -3.61. The average Bonchev–Trinajstić information content (AvgIpc) is 2.79. The van der Waals surface area contributed by atoms with Gasteiger partial charge in [0, 0.05) is 15.6 Å². The van der Waals surface area contributed by atoms with Gasteiger partial charge in [-0.05, 0) is 61.4 Å². The average molecular weight is 495 g/mol. The molecular formula is C26H20Cl2N2O4. The molecule has 1 aliphatic rings. The van der Waals surface area contributed by atoms with E-state index in [2.05, 4.69) is 5.32 Å². The number of nitrogens with zero attached hydrogens (tertiary/aromatic N) is 1. The molecule has 0 unspecified atom stereocenters. The predicted octanol–water partition coefficient (Wildman–Crippen LogP) is 5.86. The van der Waals surface area contributed by atoms with Crippen molar-refractivity contribution in [3.05, 3.63) is 98.5 Å². The van der Waals surface area contributed by atoms with E-state index in [0.717, 1.165) is 21.6 Å². The predicted molar refractivity (Wildman–Crippen MR) is 132 cm³/mol. The van der Waals surface area contributed by atoms with Gasteiger partial charge in [0.15, 0.2) is 0 Å². The van der Waals surface area contributed by atoms with Crippen molar-refractivity contribution in [3.8, 4) is 5.75 Å². The first-order chi connectivity index (χ1) is 16.2. The summed E-state index contributed by atoms with van der Waals surface area (Å²) in [5.41, 5.74) is 3.32. The lowest BCUT2D eigenvalue weighted by atomic mass is 10.1. The number of rotatable bonds is 5. The van der Waals surface area contributed by atoms with Gasteiger partial charge < -0.3 is 4.74 Å². The molecule has 0 atom stereocenters. The van der Waals surface area contributed by atoms with Crippen molar-refractivity contribution in [1.29, 1.82) is 0 Å². The van der Waals surface area contributed by atoms with Crippen LogP contribution in [0.25, 0.3) is 6.08 Å². The van der Waals surface area contributed by atoms with Crippen LogP contribution in [0.2, 0.25) is 10.0 Å². The maximum absolute atomic E-state index is 13.2. The van der Waals surface area contributed by atoms with Crippen LogP contribution in [0, 0.1) is 13.8 Å². The molecule has 0 aromatic heterocycles. The fraction of sp³-hybridized carbons (Fsp3) is 0.115. The van der Waals surface area contributed by atoms with E-state index in [1.807, 2.05) is 31.2 Å². The van der Waals surface area contributed by atoms with Gasteiger partial charge in [0.2, 0.25) is 0 Å². The molecule has 1 N–H and O–H groups in total. The van der Waals surface area contributed by atoms with Crippen molar-refractivity contribution in [3.63, 3.8) is 0 Å². The normalized spacial score (nSPS) is 15.0. The second-order valence-corrected chi connectivity index (χ2v) is 8.69. The first kappa shape index (κ1) is 23.5. The highest BCUT2D eigenvalue weighted by atomic mass is 35.5. The number of halogens is 2. The Morgan fingerprint density at radius 2 is 1.68 bits per heavy atom.